The summed E-state index contributed by atoms with van der Waals surface area (Å²) in [5.41, 5.74) is 0.524. The summed E-state index contributed by atoms with van der Waals surface area (Å²) in [6.45, 7) is 14.4. The Hall–Kier alpha value is -0.773. The number of rotatable bonds is 5. The second-order valence-electron chi connectivity index (χ2n) is 9.27. The molecule has 0 aromatic heterocycles. The van der Waals surface area contributed by atoms with Gasteiger partial charge in [0.1, 0.15) is 6.10 Å². The van der Waals surface area contributed by atoms with Crippen molar-refractivity contribution in [2.75, 3.05) is 21.3 Å². The van der Waals surface area contributed by atoms with Crippen molar-refractivity contribution in [2.45, 2.75) is 89.1 Å². The maximum atomic E-state index is 12.3. The van der Waals surface area contributed by atoms with Crippen LogP contribution in [0.1, 0.15) is 41.0 Å². The number of methoxy groups -OCH3 is 3. The maximum Gasteiger partial charge on any atom is 0.333 e. The quantitative estimate of drug-likeness (QED) is 0.502. The summed E-state index contributed by atoms with van der Waals surface area (Å²) in [5, 5.41) is 0.000337. The van der Waals surface area contributed by atoms with Gasteiger partial charge in [-0.2, -0.15) is 0 Å². The number of fused-ring (bicyclic) bond motifs is 1. The number of ether oxygens (including phenoxy) is 5. The Kier molecular flexibility index (Phi) is 6.56. The molecule has 0 N–H and O–H groups in total. The molecule has 8 heteroatoms. The van der Waals surface area contributed by atoms with Crippen LogP contribution in [0.15, 0.2) is 11.6 Å². The van der Waals surface area contributed by atoms with E-state index in [2.05, 4.69) is 33.9 Å². The van der Waals surface area contributed by atoms with Gasteiger partial charge in [0.05, 0.1) is 19.3 Å². The van der Waals surface area contributed by atoms with E-state index >= 15 is 0 Å². The van der Waals surface area contributed by atoms with Gasteiger partial charge in [0.15, 0.2) is 8.32 Å². The van der Waals surface area contributed by atoms with Gasteiger partial charge in [0.25, 0.3) is 0 Å². The Labute approximate surface area is 169 Å². The van der Waals surface area contributed by atoms with Crippen LogP contribution in [0.25, 0.3) is 0 Å². The largest absolute Gasteiger partial charge is 0.466 e. The Morgan fingerprint density at radius 3 is 2.11 bits per heavy atom. The molecule has 0 aromatic rings. The molecular formula is C20H36O7Si. The highest BCUT2D eigenvalue weighted by molar-refractivity contribution is 6.74. The van der Waals surface area contributed by atoms with Gasteiger partial charge in [-0.1, -0.05) is 20.8 Å². The molecule has 0 spiro atoms. The lowest BCUT2D eigenvalue weighted by Crippen LogP contribution is -2.68. The van der Waals surface area contributed by atoms with Crippen LogP contribution in [0.5, 0.6) is 0 Å². The zero-order chi connectivity index (χ0) is 21.5. The van der Waals surface area contributed by atoms with E-state index in [9.17, 15) is 4.79 Å². The lowest BCUT2D eigenvalue weighted by atomic mass is 9.89. The van der Waals surface area contributed by atoms with E-state index < -0.39 is 38.2 Å². The normalized spacial score (nSPS) is 36.5. The van der Waals surface area contributed by atoms with Gasteiger partial charge >= 0.3 is 5.97 Å². The fourth-order valence-electron chi connectivity index (χ4n) is 3.29. The molecule has 1 saturated heterocycles. The van der Waals surface area contributed by atoms with Crippen LogP contribution in [0.4, 0.5) is 0 Å². The number of hydrogen-bond donors (Lipinski definition) is 0. The monoisotopic (exact) mass is 416 g/mol. The average molecular weight is 417 g/mol. The first-order chi connectivity index (χ1) is 12.7. The van der Waals surface area contributed by atoms with Gasteiger partial charge in [-0.15, -0.1) is 0 Å². The smallest absolute Gasteiger partial charge is 0.333 e. The van der Waals surface area contributed by atoms with Crippen molar-refractivity contribution in [3.8, 4) is 0 Å². The van der Waals surface area contributed by atoms with Gasteiger partial charge in [0, 0.05) is 26.2 Å². The second-order valence-corrected chi connectivity index (χ2v) is 14.0. The summed E-state index contributed by atoms with van der Waals surface area (Å²) in [7, 11) is 2.33. The highest BCUT2D eigenvalue weighted by Gasteiger charge is 2.59. The van der Waals surface area contributed by atoms with Gasteiger partial charge in [0.2, 0.25) is 11.6 Å². The first-order valence-electron chi connectivity index (χ1n) is 9.66. The van der Waals surface area contributed by atoms with Crippen LogP contribution in [0, 0.1) is 0 Å². The molecule has 1 fully saturated rings. The molecule has 0 aromatic carbocycles. The van der Waals surface area contributed by atoms with Gasteiger partial charge in [-0.25, -0.2) is 4.79 Å². The van der Waals surface area contributed by atoms with Crippen molar-refractivity contribution in [2.24, 2.45) is 0 Å². The van der Waals surface area contributed by atoms with Crippen LogP contribution >= 0.6 is 0 Å². The Morgan fingerprint density at radius 2 is 1.64 bits per heavy atom. The number of carbonyl (C=O) groups excluding carboxylic acids is 1. The zero-order valence-corrected chi connectivity index (χ0v) is 19.9. The topological polar surface area (TPSA) is 72.5 Å². The SMILES string of the molecule is COC(=O)C1=C[C@@H](O[Si](C)(C)C(C)(C)C)[C@H]2O[C@](C)(OC)[C@@](C)(OC)O[C@@H]2C1. The third kappa shape index (κ3) is 4.08. The average Bonchev–Trinajstić information content (AvgIpc) is 2.61. The van der Waals surface area contributed by atoms with Crippen LogP contribution in [-0.2, 0) is 32.9 Å². The summed E-state index contributed by atoms with van der Waals surface area (Å²) in [6.07, 6.45) is 0.859. The minimum atomic E-state index is -2.15. The van der Waals surface area contributed by atoms with Crippen LogP contribution < -0.4 is 0 Å². The third-order valence-electron chi connectivity index (χ3n) is 6.50. The van der Waals surface area contributed by atoms with Crippen molar-refractivity contribution in [1.82, 2.24) is 0 Å². The van der Waals surface area contributed by atoms with E-state index in [4.69, 9.17) is 28.1 Å². The third-order valence-corrected chi connectivity index (χ3v) is 11.0. The molecule has 1 heterocycles. The molecule has 0 bridgehead atoms. The van der Waals surface area contributed by atoms with E-state index in [-0.39, 0.29) is 11.0 Å². The molecule has 5 atom stereocenters. The molecule has 2 rings (SSSR count). The molecule has 0 saturated carbocycles. The van der Waals surface area contributed by atoms with E-state index in [1.807, 2.05) is 6.08 Å². The minimum absolute atomic E-state index is 0.000337. The standard InChI is InChI=1S/C20H36O7Si/c1-18(2,3)28(9,10)27-15-12-13(17(21)22-6)11-14-16(15)26-20(5,24-8)19(4,23-7)25-14/h12,14-16H,11H2,1-10H3/t14-,15-,16+,19+,20+/m1/s1. The van der Waals surface area contributed by atoms with Crippen LogP contribution in [0.3, 0.4) is 0 Å². The molecular weight excluding hydrogens is 380 g/mol. The fraction of sp³-hybridized carbons (Fsp3) is 0.850. The van der Waals surface area contributed by atoms with Gasteiger partial charge in [-0.3, -0.25) is 0 Å². The fourth-order valence-corrected chi connectivity index (χ4v) is 4.52. The highest BCUT2D eigenvalue weighted by atomic mass is 28.4. The number of carbonyl (C=O) groups is 1. The summed E-state index contributed by atoms with van der Waals surface area (Å²) < 4.78 is 35.5. The van der Waals surface area contributed by atoms with Crippen LogP contribution in [-0.4, -0.2) is 65.5 Å². The van der Waals surface area contributed by atoms with Gasteiger partial charge < -0.3 is 28.1 Å². The van der Waals surface area contributed by atoms with Crippen molar-refractivity contribution >= 4 is 14.3 Å². The summed E-state index contributed by atoms with van der Waals surface area (Å²) in [5.74, 6) is -2.65. The first kappa shape index (κ1) is 23.5. The first-order valence-corrected chi connectivity index (χ1v) is 12.6. The predicted molar refractivity (Wildman–Crippen MR) is 107 cm³/mol. The Morgan fingerprint density at radius 1 is 1.11 bits per heavy atom. The zero-order valence-electron chi connectivity index (χ0n) is 18.9. The molecule has 1 aliphatic carbocycles. The molecule has 28 heavy (non-hydrogen) atoms. The van der Waals surface area contributed by atoms with Crippen molar-refractivity contribution in [3.63, 3.8) is 0 Å². The Bertz CT molecular complexity index is 627. The van der Waals surface area contributed by atoms with Gasteiger partial charge in [-0.05, 0) is 38.1 Å². The predicted octanol–water partition coefficient (Wildman–Crippen LogP) is 3.39. The molecule has 7 nitrogen and oxygen atoms in total. The van der Waals surface area contributed by atoms with Crippen molar-refractivity contribution < 1.29 is 32.9 Å². The summed E-state index contributed by atoms with van der Waals surface area (Å²) in [6, 6.07) is 0. The molecule has 0 unspecified atom stereocenters. The molecule has 2 aliphatic rings. The molecule has 162 valence electrons. The van der Waals surface area contributed by atoms with E-state index in [0.29, 0.717) is 12.0 Å². The van der Waals surface area contributed by atoms with E-state index in [0.717, 1.165) is 0 Å². The van der Waals surface area contributed by atoms with Crippen LogP contribution in [0.2, 0.25) is 18.1 Å². The minimum Gasteiger partial charge on any atom is -0.466 e. The lowest BCUT2D eigenvalue weighted by molar-refractivity contribution is -0.452. The second kappa shape index (κ2) is 7.81. The summed E-state index contributed by atoms with van der Waals surface area (Å²) >= 11 is 0. The number of esters is 1. The maximum absolute atomic E-state index is 12.3. The van der Waals surface area contributed by atoms with Crippen molar-refractivity contribution in [1.29, 1.82) is 0 Å². The molecule has 0 radical (unpaired) electrons. The van der Waals surface area contributed by atoms with E-state index in [1.54, 1.807) is 28.1 Å². The molecule has 0 amide bonds. The Balaban J connectivity index is 2.45. The number of hydrogen-bond acceptors (Lipinski definition) is 7. The highest BCUT2D eigenvalue weighted by Crippen LogP contribution is 2.45. The summed E-state index contributed by atoms with van der Waals surface area (Å²) in [4.78, 5) is 12.3. The molecule has 1 aliphatic heterocycles. The lowest BCUT2D eigenvalue weighted by Gasteiger charge is -2.55. The van der Waals surface area contributed by atoms with E-state index in [1.165, 1.54) is 7.11 Å². The van der Waals surface area contributed by atoms with Crippen molar-refractivity contribution in [3.05, 3.63) is 11.6 Å².